The van der Waals surface area contributed by atoms with E-state index in [1.807, 2.05) is 36.4 Å². The van der Waals surface area contributed by atoms with Crippen molar-refractivity contribution in [2.24, 2.45) is 5.92 Å². The van der Waals surface area contributed by atoms with E-state index in [-0.39, 0.29) is 0 Å². The van der Waals surface area contributed by atoms with Crippen LogP contribution in [0.2, 0.25) is 0 Å². The first-order chi connectivity index (χ1) is 15.2. The predicted octanol–water partition coefficient (Wildman–Crippen LogP) is 4.51. The van der Waals surface area contributed by atoms with Gasteiger partial charge in [-0.1, -0.05) is 18.2 Å². The van der Waals surface area contributed by atoms with Crippen LogP contribution in [0.1, 0.15) is 24.1 Å². The third-order valence-electron chi connectivity index (χ3n) is 5.88. The Morgan fingerprint density at radius 2 is 1.61 bits per heavy atom. The second-order valence-electron chi connectivity index (χ2n) is 8.03. The van der Waals surface area contributed by atoms with Gasteiger partial charge < -0.3 is 19.1 Å². The Morgan fingerprint density at radius 1 is 0.903 bits per heavy atom. The number of para-hydroxylation sites is 1. The number of methoxy groups -OCH3 is 2. The van der Waals surface area contributed by atoms with E-state index in [1.165, 1.54) is 5.56 Å². The first-order valence-electron chi connectivity index (χ1n) is 10.9. The Balaban J connectivity index is 1.26. The number of piperidine rings is 1. The number of nitrogens with zero attached hydrogens (tertiary/aromatic N) is 2. The van der Waals surface area contributed by atoms with Crippen LogP contribution in [-0.2, 0) is 12.8 Å². The van der Waals surface area contributed by atoms with Gasteiger partial charge >= 0.3 is 0 Å². The summed E-state index contributed by atoms with van der Waals surface area (Å²) in [6, 6.07) is 18.3. The molecule has 2 heterocycles. The van der Waals surface area contributed by atoms with E-state index >= 15 is 0 Å². The number of aromatic amines is 1. The van der Waals surface area contributed by atoms with Crippen molar-refractivity contribution >= 4 is 5.82 Å². The Hall–Kier alpha value is -3.15. The van der Waals surface area contributed by atoms with Crippen LogP contribution >= 0.6 is 0 Å². The monoisotopic (exact) mass is 421 g/mol. The van der Waals surface area contributed by atoms with Crippen LogP contribution in [0.25, 0.3) is 0 Å². The van der Waals surface area contributed by atoms with Gasteiger partial charge in [0.2, 0.25) is 0 Å². The molecule has 4 rings (SSSR count). The lowest BCUT2D eigenvalue weighted by Crippen LogP contribution is -2.35. The van der Waals surface area contributed by atoms with Gasteiger partial charge in [0, 0.05) is 30.9 Å². The Morgan fingerprint density at radius 3 is 2.29 bits per heavy atom. The minimum Gasteiger partial charge on any atom is -0.497 e. The summed E-state index contributed by atoms with van der Waals surface area (Å²) in [7, 11) is 3.35. The fourth-order valence-electron chi connectivity index (χ4n) is 3.99. The van der Waals surface area contributed by atoms with E-state index < -0.39 is 0 Å². The van der Waals surface area contributed by atoms with Crippen molar-refractivity contribution < 1.29 is 14.2 Å². The zero-order chi connectivity index (χ0) is 21.5. The van der Waals surface area contributed by atoms with Crippen molar-refractivity contribution in [1.29, 1.82) is 0 Å². The summed E-state index contributed by atoms with van der Waals surface area (Å²) in [5, 5.41) is 7.77. The number of hydrogen-bond acceptors (Lipinski definition) is 5. The molecule has 1 aliphatic heterocycles. The van der Waals surface area contributed by atoms with Crippen molar-refractivity contribution in [3.05, 3.63) is 65.9 Å². The molecule has 0 spiro atoms. The minimum atomic E-state index is 0.595. The maximum absolute atomic E-state index is 5.94. The molecule has 164 valence electrons. The van der Waals surface area contributed by atoms with Crippen LogP contribution in [-0.4, -0.2) is 44.1 Å². The summed E-state index contributed by atoms with van der Waals surface area (Å²) in [4.78, 5) is 2.37. The summed E-state index contributed by atoms with van der Waals surface area (Å²) >= 11 is 0. The van der Waals surface area contributed by atoms with Crippen LogP contribution in [0.5, 0.6) is 17.2 Å². The van der Waals surface area contributed by atoms with Gasteiger partial charge in [-0.25, -0.2) is 0 Å². The number of aromatic nitrogens is 2. The molecule has 0 saturated carbocycles. The first-order valence-corrected chi connectivity index (χ1v) is 10.9. The molecule has 0 aliphatic carbocycles. The van der Waals surface area contributed by atoms with E-state index in [0.29, 0.717) is 5.92 Å². The molecule has 6 heteroatoms. The maximum Gasteiger partial charge on any atom is 0.150 e. The second kappa shape index (κ2) is 10.2. The third kappa shape index (κ3) is 5.72. The normalized spacial score (nSPS) is 14.5. The summed E-state index contributed by atoms with van der Waals surface area (Å²) in [5.41, 5.74) is 2.33. The predicted molar refractivity (Wildman–Crippen MR) is 122 cm³/mol. The van der Waals surface area contributed by atoms with E-state index in [0.717, 1.165) is 74.1 Å². The largest absolute Gasteiger partial charge is 0.497 e. The molecule has 1 saturated heterocycles. The minimum absolute atomic E-state index is 0.595. The number of anilines is 1. The van der Waals surface area contributed by atoms with Gasteiger partial charge in [0.05, 0.1) is 20.8 Å². The second-order valence-corrected chi connectivity index (χ2v) is 8.03. The molecular weight excluding hydrogens is 390 g/mol. The fraction of sp³-hybridized carbons (Fsp3) is 0.400. The van der Waals surface area contributed by atoms with Gasteiger partial charge in [-0.2, -0.15) is 5.10 Å². The van der Waals surface area contributed by atoms with Gasteiger partial charge in [0.25, 0.3) is 0 Å². The van der Waals surface area contributed by atoms with Crippen molar-refractivity contribution in [3.63, 3.8) is 0 Å². The Bertz CT molecular complexity index is 927. The lowest BCUT2D eigenvalue weighted by molar-refractivity contribution is 0.222. The highest BCUT2D eigenvalue weighted by Crippen LogP contribution is 2.25. The lowest BCUT2D eigenvalue weighted by Gasteiger charge is -2.31. The molecule has 0 radical (unpaired) electrons. The highest BCUT2D eigenvalue weighted by Gasteiger charge is 2.21. The van der Waals surface area contributed by atoms with Crippen LogP contribution in [0.15, 0.2) is 54.6 Å². The molecule has 0 bridgehead atoms. The first kappa shape index (κ1) is 21.1. The lowest BCUT2D eigenvalue weighted by atomic mass is 9.98. The summed E-state index contributed by atoms with van der Waals surface area (Å²) in [6.45, 7) is 2.81. The summed E-state index contributed by atoms with van der Waals surface area (Å²) in [5.74, 6) is 4.23. The van der Waals surface area contributed by atoms with Crippen molar-refractivity contribution in [2.45, 2.75) is 25.7 Å². The highest BCUT2D eigenvalue weighted by atomic mass is 16.5. The zero-order valence-corrected chi connectivity index (χ0v) is 18.3. The fourth-order valence-corrected chi connectivity index (χ4v) is 3.99. The van der Waals surface area contributed by atoms with Gasteiger partial charge in [0.1, 0.15) is 17.2 Å². The molecule has 1 aliphatic rings. The molecule has 1 fully saturated rings. The average molecular weight is 422 g/mol. The topological polar surface area (TPSA) is 59.6 Å². The number of nitrogens with one attached hydrogen (secondary N) is 1. The van der Waals surface area contributed by atoms with Gasteiger partial charge in [-0.15, -0.1) is 0 Å². The van der Waals surface area contributed by atoms with Crippen LogP contribution in [0, 0.1) is 5.92 Å². The SMILES string of the molecule is COc1cc(CCc2cc(N3CCC(COc4ccccc4)CC3)n[nH]2)cc(OC)c1. The molecule has 0 unspecified atom stereocenters. The highest BCUT2D eigenvalue weighted by molar-refractivity contribution is 5.41. The molecule has 3 aromatic rings. The van der Waals surface area contributed by atoms with E-state index in [1.54, 1.807) is 14.2 Å². The molecule has 31 heavy (non-hydrogen) atoms. The quantitative estimate of drug-likeness (QED) is 0.551. The number of rotatable bonds is 9. The van der Waals surface area contributed by atoms with Gasteiger partial charge in [-0.3, -0.25) is 5.10 Å². The molecule has 6 nitrogen and oxygen atoms in total. The molecule has 2 aromatic carbocycles. The summed E-state index contributed by atoms with van der Waals surface area (Å²) < 4.78 is 16.7. The molecule has 1 N–H and O–H groups in total. The maximum atomic E-state index is 5.94. The van der Waals surface area contributed by atoms with E-state index in [4.69, 9.17) is 14.2 Å². The Kier molecular flexibility index (Phi) is 6.97. The number of aryl methyl sites for hydroxylation is 2. The third-order valence-corrected chi connectivity index (χ3v) is 5.88. The molecule has 0 amide bonds. The molecule has 1 aromatic heterocycles. The van der Waals surface area contributed by atoms with E-state index in [2.05, 4.69) is 33.3 Å². The zero-order valence-electron chi connectivity index (χ0n) is 18.3. The number of benzene rings is 2. The number of hydrogen-bond donors (Lipinski definition) is 1. The molecule has 0 atom stereocenters. The smallest absolute Gasteiger partial charge is 0.150 e. The van der Waals surface area contributed by atoms with Crippen LogP contribution in [0.3, 0.4) is 0 Å². The van der Waals surface area contributed by atoms with Crippen molar-refractivity contribution in [3.8, 4) is 17.2 Å². The van der Waals surface area contributed by atoms with Crippen LogP contribution < -0.4 is 19.1 Å². The van der Waals surface area contributed by atoms with Gasteiger partial charge in [-0.05, 0) is 61.4 Å². The van der Waals surface area contributed by atoms with Crippen LogP contribution in [0.4, 0.5) is 5.82 Å². The van der Waals surface area contributed by atoms with E-state index in [9.17, 15) is 0 Å². The summed E-state index contributed by atoms with van der Waals surface area (Å²) in [6.07, 6.45) is 4.04. The Labute approximate surface area is 184 Å². The average Bonchev–Trinajstić information content (AvgIpc) is 3.31. The van der Waals surface area contributed by atoms with Crippen molar-refractivity contribution in [2.75, 3.05) is 38.8 Å². The van der Waals surface area contributed by atoms with Gasteiger partial charge in [0.15, 0.2) is 5.82 Å². The standard InChI is InChI=1S/C25H31N3O3/c1-29-23-14-20(15-24(17-23)30-2)8-9-21-16-25(27-26-21)28-12-10-19(11-13-28)18-31-22-6-4-3-5-7-22/h3-7,14-17,19H,8-13,18H2,1-2H3,(H,26,27). The number of H-pyrrole nitrogens is 1. The number of ether oxygens (including phenoxy) is 3. The van der Waals surface area contributed by atoms with Crippen molar-refractivity contribution in [1.82, 2.24) is 10.2 Å². The molecular formula is C25H31N3O3.